The van der Waals surface area contributed by atoms with E-state index >= 15 is 0 Å². The number of hydrogen-bond acceptors (Lipinski definition) is 2. The van der Waals surface area contributed by atoms with Crippen molar-refractivity contribution < 1.29 is 27.9 Å². The number of benzene rings is 1. The number of carbonyl (C=O) groups excluding carboxylic acids is 1. The van der Waals surface area contributed by atoms with Crippen molar-refractivity contribution >= 4 is 13.5 Å². The third kappa shape index (κ3) is 3.10. The molecule has 0 bridgehead atoms. The van der Waals surface area contributed by atoms with E-state index in [1.54, 1.807) is 0 Å². The number of fused-ring (bicyclic) bond motifs is 1. The zero-order valence-electron chi connectivity index (χ0n) is 14.9. The second kappa shape index (κ2) is 6.70. The molecule has 0 aliphatic carbocycles. The zero-order chi connectivity index (χ0) is 19.3. The Hall–Kier alpha value is -1.30. The summed E-state index contributed by atoms with van der Waals surface area (Å²) in [7, 11) is -4.58. The van der Waals surface area contributed by atoms with Crippen LogP contribution in [0.2, 0.25) is 0 Å². The molecule has 0 spiro atoms. The van der Waals surface area contributed by atoms with Gasteiger partial charge in [-0.3, -0.25) is 9.36 Å². The molecule has 1 aromatic carbocycles. The minimum atomic E-state index is -4.58. The summed E-state index contributed by atoms with van der Waals surface area (Å²) in [5.74, 6) is -2.05. The molecule has 26 heavy (non-hydrogen) atoms. The van der Waals surface area contributed by atoms with E-state index in [-0.39, 0.29) is 17.9 Å². The second-order valence-corrected chi connectivity index (χ2v) is 9.24. The van der Waals surface area contributed by atoms with Gasteiger partial charge in [0.15, 0.2) is 0 Å². The van der Waals surface area contributed by atoms with Gasteiger partial charge in [0.25, 0.3) is 0 Å². The predicted octanol–water partition coefficient (Wildman–Crippen LogP) is 3.75. The summed E-state index contributed by atoms with van der Waals surface area (Å²) in [4.78, 5) is 33.6. The first kappa shape index (κ1) is 19.5. The fourth-order valence-corrected chi connectivity index (χ4v) is 5.77. The van der Waals surface area contributed by atoms with E-state index in [9.17, 15) is 27.9 Å². The maximum absolute atomic E-state index is 13.8. The lowest BCUT2D eigenvalue weighted by Gasteiger charge is -2.43. The molecule has 3 atom stereocenters. The Labute approximate surface area is 151 Å². The molecule has 2 aliphatic rings. The molecule has 2 N–H and O–H groups in total. The van der Waals surface area contributed by atoms with Crippen molar-refractivity contribution in [3.63, 3.8) is 0 Å². The number of hydrogen-bond donors (Lipinski definition) is 2. The van der Waals surface area contributed by atoms with Crippen LogP contribution in [0.15, 0.2) is 18.2 Å². The standard InChI is InChI=1S/C18H24F2NO4P/c1-3-18(4-2)10-14(11-7-12(19)9-13(20)8-11)21-16(18)6-5-15(17(21)22)26(23,24)25/h7-9,14-16H,3-6,10H2,1-2H3,(H2,23,24,25)/t14-,15?,16+/m0/s1. The number of amides is 1. The molecule has 1 aromatic rings. The lowest BCUT2D eigenvalue weighted by molar-refractivity contribution is -0.138. The molecule has 2 aliphatic heterocycles. The molecule has 0 radical (unpaired) electrons. The Morgan fingerprint density at radius 1 is 1.15 bits per heavy atom. The van der Waals surface area contributed by atoms with Crippen LogP contribution in [0.1, 0.15) is 57.6 Å². The Balaban J connectivity index is 2.08. The molecule has 1 amide bonds. The minimum absolute atomic E-state index is 0.135. The summed E-state index contributed by atoms with van der Waals surface area (Å²) in [5.41, 5.74) is -1.25. The zero-order valence-corrected chi connectivity index (χ0v) is 15.8. The second-order valence-electron chi connectivity index (χ2n) is 7.44. The first-order valence-corrected chi connectivity index (χ1v) is 10.6. The average Bonchev–Trinajstić information content (AvgIpc) is 2.89. The SMILES string of the molecule is CCC1(CC)C[C@@H](c2cc(F)cc(F)c2)N2C(=O)C(P(=O)(O)O)CC[C@@H]21. The number of nitrogens with zero attached hydrogens (tertiary/aromatic N) is 1. The Morgan fingerprint density at radius 2 is 1.73 bits per heavy atom. The van der Waals surface area contributed by atoms with E-state index in [0.717, 1.165) is 18.9 Å². The molecule has 2 heterocycles. The molecule has 144 valence electrons. The first-order chi connectivity index (χ1) is 12.1. The van der Waals surface area contributed by atoms with Crippen molar-refractivity contribution in [3.05, 3.63) is 35.4 Å². The van der Waals surface area contributed by atoms with Crippen LogP contribution >= 0.6 is 7.60 Å². The van der Waals surface area contributed by atoms with E-state index in [1.165, 1.54) is 17.0 Å². The van der Waals surface area contributed by atoms with Crippen LogP contribution in [-0.2, 0) is 9.36 Å². The van der Waals surface area contributed by atoms with Crippen LogP contribution in [0.25, 0.3) is 0 Å². The molecular weight excluding hydrogens is 363 g/mol. The van der Waals surface area contributed by atoms with Gasteiger partial charge in [-0.25, -0.2) is 8.78 Å². The summed E-state index contributed by atoms with van der Waals surface area (Å²) in [6.07, 6.45) is 2.72. The smallest absolute Gasteiger partial charge is 0.331 e. The molecular formula is C18H24F2NO4P. The molecule has 8 heteroatoms. The van der Waals surface area contributed by atoms with Crippen LogP contribution in [-0.4, -0.2) is 32.3 Å². The van der Waals surface area contributed by atoms with Gasteiger partial charge in [0.05, 0.1) is 6.04 Å². The fourth-order valence-electron chi connectivity index (χ4n) is 4.86. The highest BCUT2D eigenvalue weighted by molar-refractivity contribution is 7.53. The number of piperidine rings is 1. The van der Waals surface area contributed by atoms with E-state index in [2.05, 4.69) is 0 Å². The molecule has 2 saturated heterocycles. The summed E-state index contributed by atoms with van der Waals surface area (Å²) in [6, 6.07) is 2.44. The van der Waals surface area contributed by atoms with Crippen molar-refractivity contribution in [1.82, 2.24) is 4.90 Å². The topological polar surface area (TPSA) is 77.8 Å². The lowest BCUT2D eigenvalue weighted by atomic mass is 9.72. The maximum atomic E-state index is 13.8. The Morgan fingerprint density at radius 3 is 2.23 bits per heavy atom. The minimum Gasteiger partial charge on any atom is -0.331 e. The number of halogens is 2. The highest BCUT2D eigenvalue weighted by Gasteiger charge is 2.57. The summed E-state index contributed by atoms with van der Waals surface area (Å²) < 4.78 is 39.3. The molecule has 2 fully saturated rings. The largest absolute Gasteiger partial charge is 0.337 e. The fraction of sp³-hybridized carbons (Fsp3) is 0.611. The van der Waals surface area contributed by atoms with Gasteiger partial charge >= 0.3 is 7.60 Å². The molecule has 5 nitrogen and oxygen atoms in total. The van der Waals surface area contributed by atoms with Gasteiger partial charge in [-0.2, -0.15) is 0 Å². The van der Waals surface area contributed by atoms with Crippen LogP contribution in [0, 0.1) is 17.0 Å². The van der Waals surface area contributed by atoms with Gasteiger partial charge < -0.3 is 14.7 Å². The van der Waals surface area contributed by atoms with Gasteiger partial charge in [-0.1, -0.05) is 13.8 Å². The highest BCUT2D eigenvalue weighted by atomic mass is 31.2. The summed E-state index contributed by atoms with van der Waals surface area (Å²) >= 11 is 0. The van der Waals surface area contributed by atoms with E-state index in [1.807, 2.05) is 13.8 Å². The molecule has 0 aromatic heterocycles. The van der Waals surface area contributed by atoms with Crippen molar-refractivity contribution in [2.24, 2.45) is 5.41 Å². The van der Waals surface area contributed by atoms with E-state index < -0.39 is 36.8 Å². The van der Waals surface area contributed by atoms with Gasteiger partial charge in [0, 0.05) is 12.1 Å². The van der Waals surface area contributed by atoms with E-state index in [4.69, 9.17) is 0 Å². The van der Waals surface area contributed by atoms with Crippen LogP contribution in [0.5, 0.6) is 0 Å². The van der Waals surface area contributed by atoms with Crippen molar-refractivity contribution in [2.75, 3.05) is 0 Å². The normalized spacial score (nSPS) is 28.3. The number of carbonyl (C=O) groups is 1. The van der Waals surface area contributed by atoms with Crippen LogP contribution in [0.4, 0.5) is 8.78 Å². The van der Waals surface area contributed by atoms with Crippen molar-refractivity contribution in [3.8, 4) is 0 Å². The van der Waals surface area contributed by atoms with E-state index in [0.29, 0.717) is 18.4 Å². The third-order valence-electron chi connectivity index (χ3n) is 6.32. The Bertz CT molecular complexity index is 741. The predicted molar refractivity (Wildman–Crippen MR) is 92.4 cm³/mol. The third-order valence-corrected chi connectivity index (χ3v) is 7.61. The van der Waals surface area contributed by atoms with Gasteiger partial charge in [0.2, 0.25) is 5.91 Å². The molecule has 1 unspecified atom stereocenters. The van der Waals surface area contributed by atoms with Crippen LogP contribution < -0.4 is 0 Å². The number of rotatable bonds is 4. The summed E-state index contributed by atoms with van der Waals surface area (Å²) in [6.45, 7) is 4.05. The van der Waals surface area contributed by atoms with Gasteiger partial charge in [-0.05, 0) is 55.2 Å². The van der Waals surface area contributed by atoms with Gasteiger partial charge in [0.1, 0.15) is 17.3 Å². The van der Waals surface area contributed by atoms with Crippen molar-refractivity contribution in [1.29, 1.82) is 0 Å². The van der Waals surface area contributed by atoms with Crippen molar-refractivity contribution in [2.45, 2.75) is 63.7 Å². The summed E-state index contributed by atoms with van der Waals surface area (Å²) in [5, 5.41) is 0. The Kier molecular flexibility index (Phi) is 5.01. The average molecular weight is 387 g/mol. The lowest BCUT2D eigenvalue weighted by Crippen LogP contribution is -2.51. The highest BCUT2D eigenvalue weighted by Crippen LogP contribution is 2.58. The quantitative estimate of drug-likeness (QED) is 0.772. The molecule has 0 saturated carbocycles. The monoisotopic (exact) mass is 387 g/mol. The maximum Gasteiger partial charge on any atom is 0.337 e. The van der Waals surface area contributed by atoms with Crippen LogP contribution in [0.3, 0.4) is 0 Å². The first-order valence-electron chi connectivity index (χ1n) is 8.96. The van der Waals surface area contributed by atoms with Gasteiger partial charge in [-0.15, -0.1) is 0 Å². The molecule has 3 rings (SSSR count).